The van der Waals surface area contributed by atoms with Crippen LogP contribution in [0.15, 0.2) is 18.2 Å². The number of hydrogen-bond acceptors (Lipinski definition) is 4. The molecule has 2 atom stereocenters. The van der Waals surface area contributed by atoms with Crippen LogP contribution in [0.2, 0.25) is 0 Å². The molecule has 5 nitrogen and oxygen atoms in total. The van der Waals surface area contributed by atoms with Crippen molar-refractivity contribution in [3.05, 3.63) is 29.3 Å². The summed E-state index contributed by atoms with van der Waals surface area (Å²) in [6.45, 7) is 13.9. The molecule has 0 aromatic heterocycles. The van der Waals surface area contributed by atoms with Crippen molar-refractivity contribution in [1.82, 2.24) is 15.1 Å². The Hall–Kier alpha value is -1.43. The minimum atomic E-state index is -0.433. The fourth-order valence-corrected chi connectivity index (χ4v) is 6.07. The van der Waals surface area contributed by atoms with Crippen molar-refractivity contribution in [2.24, 2.45) is 5.92 Å². The second-order valence-corrected chi connectivity index (χ2v) is 10.2. The second kappa shape index (κ2) is 11.1. The van der Waals surface area contributed by atoms with Crippen LogP contribution < -0.4 is 10.2 Å². The number of likely N-dealkylation sites (N-methyl/N-ethyl adjacent to an activating group) is 1. The molecule has 0 unspecified atom stereocenters. The summed E-state index contributed by atoms with van der Waals surface area (Å²) in [5.41, 5.74) is 3.16. The predicted octanol–water partition coefficient (Wildman–Crippen LogP) is 4.22. The molecule has 1 aliphatic carbocycles. The summed E-state index contributed by atoms with van der Waals surface area (Å²) in [5.74, 6) is 0.838. The van der Waals surface area contributed by atoms with Gasteiger partial charge in [-0.05, 0) is 96.8 Å². The molecule has 1 aliphatic heterocycles. The van der Waals surface area contributed by atoms with Crippen LogP contribution in [0, 0.1) is 19.8 Å². The first-order valence-corrected chi connectivity index (χ1v) is 12.9. The molecule has 1 heterocycles. The fraction of sp³-hybridized carbons (Fsp3) is 0.741. The Morgan fingerprint density at radius 3 is 2.19 bits per heavy atom. The van der Waals surface area contributed by atoms with E-state index in [1.165, 1.54) is 30.4 Å². The van der Waals surface area contributed by atoms with E-state index in [-0.39, 0.29) is 6.04 Å². The van der Waals surface area contributed by atoms with E-state index in [4.69, 9.17) is 0 Å². The number of hydrogen-bond donors (Lipinski definition) is 1. The largest absolute Gasteiger partial charge is 0.317 e. The van der Waals surface area contributed by atoms with Crippen LogP contribution in [0.3, 0.4) is 0 Å². The number of carbonyl (C=O) groups is 1. The number of aryl methyl sites for hydroxylation is 2. The Morgan fingerprint density at radius 2 is 1.62 bits per heavy atom. The predicted molar refractivity (Wildman–Crippen MR) is 135 cm³/mol. The van der Waals surface area contributed by atoms with Gasteiger partial charge in [-0.15, -0.1) is 0 Å². The topological polar surface area (TPSA) is 38.8 Å². The molecule has 1 saturated carbocycles. The average Bonchev–Trinajstić information content (AvgIpc) is 2.80. The number of rotatable bonds is 8. The average molecular weight is 443 g/mol. The highest BCUT2D eigenvalue weighted by Crippen LogP contribution is 2.39. The summed E-state index contributed by atoms with van der Waals surface area (Å²) in [6, 6.07) is 6.74. The summed E-state index contributed by atoms with van der Waals surface area (Å²) in [6.07, 6.45) is 6.55. The Morgan fingerprint density at radius 1 is 1.03 bits per heavy atom. The van der Waals surface area contributed by atoms with Crippen LogP contribution in [0.4, 0.5) is 5.69 Å². The highest BCUT2D eigenvalue weighted by molar-refractivity contribution is 6.02. The van der Waals surface area contributed by atoms with E-state index in [1.807, 2.05) is 0 Å². The number of piperidine rings is 1. The lowest BCUT2D eigenvalue weighted by Gasteiger charge is -2.49. The summed E-state index contributed by atoms with van der Waals surface area (Å²) < 4.78 is 0. The number of carbonyl (C=O) groups excluding carboxylic acids is 1. The fourth-order valence-electron chi connectivity index (χ4n) is 6.07. The van der Waals surface area contributed by atoms with Crippen molar-refractivity contribution in [1.29, 1.82) is 0 Å². The van der Waals surface area contributed by atoms with Gasteiger partial charge in [-0.2, -0.15) is 0 Å². The monoisotopic (exact) mass is 442 g/mol. The van der Waals surface area contributed by atoms with E-state index in [2.05, 4.69) is 80.0 Å². The Labute approximate surface area is 196 Å². The lowest BCUT2D eigenvalue weighted by Crippen LogP contribution is -2.64. The molecule has 3 rings (SSSR count). The maximum absolute atomic E-state index is 14.7. The van der Waals surface area contributed by atoms with Gasteiger partial charge in [-0.25, -0.2) is 0 Å². The van der Waals surface area contributed by atoms with E-state index in [0.717, 1.165) is 57.7 Å². The van der Waals surface area contributed by atoms with E-state index in [1.54, 1.807) is 0 Å². The van der Waals surface area contributed by atoms with Crippen molar-refractivity contribution in [2.75, 3.05) is 51.7 Å². The summed E-state index contributed by atoms with van der Waals surface area (Å²) in [7, 11) is 4.20. The van der Waals surface area contributed by atoms with E-state index >= 15 is 0 Å². The number of nitrogens with one attached hydrogen (secondary N) is 1. The molecule has 1 aromatic rings. The zero-order valence-corrected chi connectivity index (χ0v) is 21.4. The number of nitrogens with zero attached hydrogens (tertiary/aromatic N) is 3. The summed E-state index contributed by atoms with van der Waals surface area (Å²) >= 11 is 0. The normalized spacial score (nSPS) is 23.5. The molecule has 32 heavy (non-hydrogen) atoms. The SMILES string of the molecule is CCN(CC)C[C@@H]1CCCC[C@H]1N(C(=O)C1(N(C)C)CCNCC1)c1c(C)cccc1C. The molecule has 2 aliphatic rings. The van der Waals surface area contributed by atoms with Gasteiger partial charge in [-0.1, -0.05) is 44.9 Å². The first-order valence-electron chi connectivity index (χ1n) is 12.9. The summed E-state index contributed by atoms with van der Waals surface area (Å²) in [5, 5.41) is 3.48. The third-order valence-electron chi connectivity index (χ3n) is 8.17. The maximum Gasteiger partial charge on any atom is 0.247 e. The zero-order chi connectivity index (χ0) is 23.3. The van der Waals surface area contributed by atoms with Crippen molar-refractivity contribution in [2.45, 2.75) is 77.8 Å². The molecule has 2 fully saturated rings. The van der Waals surface area contributed by atoms with E-state index in [0.29, 0.717) is 11.8 Å². The van der Waals surface area contributed by atoms with Gasteiger partial charge < -0.3 is 15.1 Å². The van der Waals surface area contributed by atoms with Crippen molar-refractivity contribution in [3.8, 4) is 0 Å². The van der Waals surface area contributed by atoms with Crippen LogP contribution in [0.25, 0.3) is 0 Å². The van der Waals surface area contributed by atoms with Gasteiger partial charge in [0.05, 0.1) is 0 Å². The molecule has 1 amide bonds. The molecular formula is C27H46N4O. The van der Waals surface area contributed by atoms with Crippen LogP contribution in [-0.2, 0) is 4.79 Å². The van der Waals surface area contributed by atoms with Gasteiger partial charge in [0.25, 0.3) is 0 Å². The first-order chi connectivity index (χ1) is 15.4. The molecule has 1 saturated heterocycles. The van der Waals surface area contributed by atoms with Crippen LogP contribution in [0.1, 0.15) is 63.5 Å². The Balaban J connectivity index is 2.09. The third kappa shape index (κ3) is 5.05. The molecule has 1 aromatic carbocycles. The van der Waals surface area contributed by atoms with Gasteiger partial charge in [0, 0.05) is 18.3 Å². The first kappa shape index (κ1) is 25.2. The molecule has 180 valence electrons. The third-order valence-corrected chi connectivity index (χ3v) is 8.17. The smallest absolute Gasteiger partial charge is 0.247 e. The molecular weight excluding hydrogens is 396 g/mol. The van der Waals surface area contributed by atoms with Crippen molar-refractivity contribution >= 4 is 11.6 Å². The number of amides is 1. The molecule has 0 spiro atoms. The number of para-hydroxylation sites is 1. The lowest BCUT2D eigenvalue weighted by molar-refractivity contribution is -0.132. The Kier molecular flexibility index (Phi) is 8.76. The minimum absolute atomic E-state index is 0.267. The van der Waals surface area contributed by atoms with Crippen molar-refractivity contribution in [3.63, 3.8) is 0 Å². The van der Waals surface area contributed by atoms with Gasteiger partial charge >= 0.3 is 0 Å². The van der Waals surface area contributed by atoms with Crippen LogP contribution >= 0.6 is 0 Å². The highest BCUT2D eigenvalue weighted by atomic mass is 16.2. The maximum atomic E-state index is 14.7. The minimum Gasteiger partial charge on any atom is -0.317 e. The van der Waals surface area contributed by atoms with E-state index < -0.39 is 5.54 Å². The van der Waals surface area contributed by atoms with Gasteiger partial charge in [0.15, 0.2) is 0 Å². The highest BCUT2D eigenvalue weighted by Gasteiger charge is 2.48. The van der Waals surface area contributed by atoms with Gasteiger partial charge in [0.1, 0.15) is 5.54 Å². The summed E-state index contributed by atoms with van der Waals surface area (Å²) in [4.78, 5) is 21.7. The van der Waals surface area contributed by atoms with Gasteiger partial charge in [-0.3, -0.25) is 9.69 Å². The van der Waals surface area contributed by atoms with Crippen molar-refractivity contribution < 1.29 is 4.79 Å². The lowest BCUT2D eigenvalue weighted by atomic mass is 9.79. The van der Waals surface area contributed by atoms with Crippen LogP contribution in [-0.4, -0.2) is 74.1 Å². The standard InChI is InChI=1S/C27H46N4O/c1-7-30(8-2)20-23-14-9-10-15-24(23)31(25-21(3)12-11-13-22(25)4)26(32)27(29(5)6)16-18-28-19-17-27/h11-13,23-24,28H,7-10,14-20H2,1-6H3/t23-,24+/m0/s1. The number of anilines is 1. The van der Waals surface area contributed by atoms with Crippen LogP contribution in [0.5, 0.6) is 0 Å². The molecule has 0 bridgehead atoms. The molecule has 1 N–H and O–H groups in total. The van der Waals surface area contributed by atoms with E-state index in [9.17, 15) is 4.79 Å². The van der Waals surface area contributed by atoms with Gasteiger partial charge in [0.2, 0.25) is 5.91 Å². The molecule has 5 heteroatoms. The zero-order valence-electron chi connectivity index (χ0n) is 21.4. The quantitative estimate of drug-likeness (QED) is 0.654. The second-order valence-electron chi connectivity index (χ2n) is 10.2. The molecule has 0 radical (unpaired) electrons. The number of benzene rings is 1. The Bertz CT molecular complexity index is 732.